The standard InChI is InChI=1S/C19H28N6/c1-2-20-19(21-9-8-16-12-14-6-7-15(16)11-14)22-13-18-24-23-17-5-3-4-10-25(17)18/h3-5,10,14-16H,2,6-9,11-13H2,1H3,(H2,20,21,22). The number of pyridine rings is 1. The molecule has 2 aliphatic rings. The fourth-order valence-electron chi connectivity index (χ4n) is 4.60. The van der Waals surface area contributed by atoms with E-state index >= 15 is 0 Å². The molecule has 2 heterocycles. The van der Waals surface area contributed by atoms with Gasteiger partial charge in [-0.2, -0.15) is 0 Å². The molecule has 0 aliphatic heterocycles. The van der Waals surface area contributed by atoms with Gasteiger partial charge in [0, 0.05) is 19.3 Å². The van der Waals surface area contributed by atoms with Crippen LogP contribution in [0, 0.1) is 17.8 Å². The van der Waals surface area contributed by atoms with Gasteiger partial charge in [-0.1, -0.05) is 12.5 Å². The summed E-state index contributed by atoms with van der Waals surface area (Å²) < 4.78 is 1.99. The lowest BCUT2D eigenvalue weighted by molar-refractivity contribution is 0.315. The van der Waals surface area contributed by atoms with Crippen LogP contribution in [-0.2, 0) is 6.54 Å². The van der Waals surface area contributed by atoms with Crippen molar-refractivity contribution in [3.63, 3.8) is 0 Å². The van der Waals surface area contributed by atoms with Crippen LogP contribution in [0.3, 0.4) is 0 Å². The van der Waals surface area contributed by atoms with E-state index in [4.69, 9.17) is 0 Å². The van der Waals surface area contributed by atoms with Crippen molar-refractivity contribution in [2.75, 3.05) is 13.1 Å². The van der Waals surface area contributed by atoms with Gasteiger partial charge in [0.15, 0.2) is 17.4 Å². The summed E-state index contributed by atoms with van der Waals surface area (Å²) in [5.74, 6) is 4.68. The van der Waals surface area contributed by atoms with E-state index in [0.717, 1.165) is 48.3 Å². The van der Waals surface area contributed by atoms with Crippen molar-refractivity contribution >= 4 is 11.6 Å². The molecule has 2 bridgehead atoms. The Kier molecular flexibility index (Phi) is 4.85. The van der Waals surface area contributed by atoms with E-state index in [1.807, 2.05) is 28.8 Å². The molecule has 0 amide bonds. The first-order valence-corrected chi connectivity index (χ1v) is 9.64. The highest BCUT2D eigenvalue weighted by Gasteiger charge is 2.38. The van der Waals surface area contributed by atoms with Crippen LogP contribution in [0.25, 0.3) is 5.65 Å². The van der Waals surface area contributed by atoms with Crippen molar-refractivity contribution < 1.29 is 0 Å². The SMILES string of the molecule is CCNC(=NCc1nnc2ccccn12)NCCC1CC2CCC1C2. The average molecular weight is 340 g/mol. The van der Waals surface area contributed by atoms with E-state index in [0.29, 0.717) is 6.54 Å². The molecule has 2 fully saturated rings. The molecular weight excluding hydrogens is 312 g/mol. The maximum atomic E-state index is 4.69. The number of rotatable bonds is 6. The second kappa shape index (κ2) is 7.42. The molecule has 2 saturated carbocycles. The molecule has 0 radical (unpaired) electrons. The number of hydrogen-bond acceptors (Lipinski definition) is 3. The van der Waals surface area contributed by atoms with Crippen molar-refractivity contribution in [3.05, 3.63) is 30.2 Å². The van der Waals surface area contributed by atoms with E-state index in [1.54, 1.807) is 0 Å². The Morgan fingerprint density at radius 3 is 3.00 bits per heavy atom. The highest BCUT2D eigenvalue weighted by atomic mass is 15.3. The first-order valence-electron chi connectivity index (χ1n) is 9.64. The van der Waals surface area contributed by atoms with Gasteiger partial charge in [-0.05, 0) is 62.5 Å². The molecule has 3 unspecified atom stereocenters. The number of fused-ring (bicyclic) bond motifs is 3. The molecule has 2 N–H and O–H groups in total. The lowest BCUT2D eigenvalue weighted by Crippen LogP contribution is -2.38. The quantitative estimate of drug-likeness (QED) is 0.627. The van der Waals surface area contributed by atoms with Gasteiger partial charge in [-0.15, -0.1) is 10.2 Å². The Labute approximate surface area is 149 Å². The van der Waals surface area contributed by atoms with Crippen molar-refractivity contribution in [1.29, 1.82) is 0 Å². The summed E-state index contributed by atoms with van der Waals surface area (Å²) in [5, 5.41) is 15.3. The first kappa shape index (κ1) is 16.4. The highest BCUT2D eigenvalue weighted by Crippen LogP contribution is 2.49. The third-order valence-corrected chi connectivity index (χ3v) is 5.80. The predicted molar refractivity (Wildman–Crippen MR) is 99.4 cm³/mol. The molecule has 2 aliphatic carbocycles. The molecule has 6 heteroatoms. The van der Waals surface area contributed by atoms with Crippen LogP contribution in [-0.4, -0.2) is 33.6 Å². The molecule has 0 aromatic carbocycles. The second-order valence-electron chi connectivity index (χ2n) is 7.39. The molecule has 3 atom stereocenters. The molecular formula is C19H28N6. The third-order valence-electron chi connectivity index (χ3n) is 5.80. The summed E-state index contributed by atoms with van der Waals surface area (Å²) in [6.45, 7) is 4.48. The predicted octanol–water partition coefficient (Wildman–Crippen LogP) is 2.61. The van der Waals surface area contributed by atoms with E-state index in [9.17, 15) is 0 Å². The zero-order chi connectivity index (χ0) is 17.1. The molecule has 6 nitrogen and oxygen atoms in total. The van der Waals surface area contributed by atoms with Crippen LogP contribution in [0.4, 0.5) is 0 Å². The first-order chi connectivity index (χ1) is 12.3. The van der Waals surface area contributed by atoms with Gasteiger partial charge < -0.3 is 10.6 Å². The zero-order valence-corrected chi connectivity index (χ0v) is 15.0. The largest absolute Gasteiger partial charge is 0.357 e. The molecule has 0 saturated heterocycles. The lowest BCUT2D eigenvalue weighted by Gasteiger charge is -2.22. The van der Waals surface area contributed by atoms with Gasteiger partial charge >= 0.3 is 0 Å². The zero-order valence-electron chi connectivity index (χ0n) is 15.0. The van der Waals surface area contributed by atoms with Gasteiger partial charge in [-0.25, -0.2) is 4.99 Å². The monoisotopic (exact) mass is 340 g/mol. The Hall–Kier alpha value is -2.11. The summed E-state index contributed by atoms with van der Waals surface area (Å²) in [6, 6.07) is 5.92. The minimum absolute atomic E-state index is 0.522. The average Bonchev–Trinajstić information content (AvgIpc) is 3.35. The normalized spacial score (nSPS) is 25.6. The number of nitrogens with zero attached hydrogens (tertiary/aromatic N) is 4. The molecule has 4 rings (SSSR count). The Morgan fingerprint density at radius 1 is 1.24 bits per heavy atom. The lowest BCUT2D eigenvalue weighted by atomic mass is 9.86. The van der Waals surface area contributed by atoms with Gasteiger partial charge in [-0.3, -0.25) is 4.40 Å². The van der Waals surface area contributed by atoms with Gasteiger partial charge in [0.05, 0.1) is 0 Å². The van der Waals surface area contributed by atoms with Crippen LogP contribution in [0.15, 0.2) is 29.4 Å². The van der Waals surface area contributed by atoms with Crippen LogP contribution < -0.4 is 10.6 Å². The number of guanidine groups is 1. The van der Waals surface area contributed by atoms with Crippen molar-refractivity contribution in [2.45, 2.75) is 45.6 Å². The minimum Gasteiger partial charge on any atom is -0.357 e. The van der Waals surface area contributed by atoms with Crippen molar-refractivity contribution in [2.24, 2.45) is 22.7 Å². The van der Waals surface area contributed by atoms with E-state index in [1.165, 1.54) is 32.1 Å². The van der Waals surface area contributed by atoms with Gasteiger partial charge in [0.1, 0.15) is 6.54 Å². The maximum Gasteiger partial charge on any atom is 0.191 e. The topological polar surface area (TPSA) is 66.6 Å². The van der Waals surface area contributed by atoms with E-state index < -0.39 is 0 Å². The summed E-state index contributed by atoms with van der Waals surface area (Å²) in [7, 11) is 0. The van der Waals surface area contributed by atoms with Gasteiger partial charge in [0.25, 0.3) is 0 Å². The smallest absolute Gasteiger partial charge is 0.191 e. The Balaban J connectivity index is 1.33. The summed E-state index contributed by atoms with van der Waals surface area (Å²) in [6.07, 6.45) is 9.12. The molecule has 2 aromatic heterocycles. The number of hydrogen-bond donors (Lipinski definition) is 2. The molecule has 2 aromatic rings. The van der Waals surface area contributed by atoms with Crippen LogP contribution in [0.5, 0.6) is 0 Å². The van der Waals surface area contributed by atoms with Crippen molar-refractivity contribution in [1.82, 2.24) is 25.2 Å². The number of nitrogens with one attached hydrogen (secondary N) is 2. The summed E-state index contributed by atoms with van der Waals surface area (Å²) in [4.78, 5) is 4.69. The van der Waals surface area contributed by atoms with Crippen LogP contribution in [0.1, 0.15) is 44.9 Å². The molecule has 134 valence electrons. The molecule has 0 spiro atoms. The van der Waals surface area contributed by atoms with E-state index in [2.05, 4.69) is 32.7 Å². The van der Waals surface area contributed by atoms with Gasteiger partial charge in [0.2, 0.25) is 0 Å². The number of aromatic nitrogens is 3. The minimum atomic E-state index is 0.522. The van der Waals surface area contributed by atoms with E-state index in [-0.39, 0.29) is 0 Å². The summed E-state index contributed by atoms with van der Waals surface area (Å²) in [5.41, 5.74) is 0.863. The third kappa shape index (κ3) is 3.62. The summed E-state index contributed by atoms with van der Waals surface area (Å²) >= 11 is 0. The second-order valence-corrected chi connectivity index (χ2v) is 7.39. The Morgan fingerprint density at radius 2 is 2.20 bits per heavy atom. The fourth-order valence-corrected chi connectivity index (χ4v) is 4.60. The maximum absolute atomic E-state index is 4.69. The van der Waals surface area contributed by atoms with Crippen molar-refractivity contribution in [3.8, 4) is 0 Å². The van der Waals surface area contributed by atoms with Crippen LogP contribution in [0.2, 0.25) is 0 Å². The fraction of sp³-hybridized carbons (Fsp3) is 0.632. The Bertz CT molecular complexity index is 736. The molecule has 25 heavy (non-hydrogen) atoms. The number of aliphatic imine (C=N–C) groups is 1. The van der Waals surface area contributed by atoms with Crippen LogP contribution >= 0.6 is 0 Å². The highest BCUT2D eigenvalue weighted by molar-refractivity contribution is 5.79.